The molecular weight excluding hydrogens is 288 g/mol. The quantitative estimate of drug-likeness (QED) is 0.847. The predicted octanol–water partition coefficient (Wildman–Crippen LogP) is 2.29. The SMILES string of the molecule is Cc1cc(C)nc(N2CCN(CCOc3ccccc3)CC2)n1. The van der Waals surface area contributed by atoms with Crippen molar-refractivity contribution in [2.24, 2.45) is 0 Å². The van der Waals surface area contributed by atoms with Crippen LogP contribution in [0.5, 0.6) is 5.75 Å². The maximum atomic E-state index is 5.77. The molecule has 2 heterocycles. The van der Waals surface area contributed by atoms with Crippen LogP contribution in [0.2, 0.25) is 0 Å². The van der Waals surface area contributed by atoms with Crippen LogP contribution in [-0.2, 0) is 0 Å². The van der Waals surface area contributed by atoms with Crippen LogP contribution in [0.15, 0.2) is 36.4 Å². The molecule has 122 valence electrons. The Morgan fingerprint density at radius 3 is 2.26 bits per heavy atom. The third-order valence-corrected chi connectivity index (χ3v) is 4.05. The fourth-order valence-electron chi connectivity index (χ4n) is 2.83. The Bertz CT molecular complexity index is 604. The van der Waals surface area contributed by atoms with Gasteiger partial charge >= 0.3 is 0 Å². The van der Waals surface area contributed by atoms with E-state index in [1.54, 1.807) is 0 Å². The van der Waals surface area contributed by atoms with Crippen LogP contribution >= 0.6 is 0 Å². The number of hydrogen-bond acceptors (Lipinski definition) is 5. The minimum absolute atomic E-state index is 0.726. The minimum Gasteiger partial charge on any atom is -0.492 e. The third kappa shape index (κ3) is 4.42. The minimum atomic E-state index is 0.726. The molecule has 1 saturated heterocycles. The number of hydrogen-bond donors (Lipinski definition) is 0. The van der Waals surface area contributed by atoms with E-state index in [4.69, 9.17) is 4.74 Å². The number of aromatic nitrogens is 2. The van der Waals surface area contributed by atoms with Crippen molar-refractivity contribution in [2.75, 3.05) is 44.2 Å². The fourth-order valence-corrected chi connectivity index (χ4v) is 2.83. The highest BCUT2D eigenvalue weighted by Crippen LogP contribution is 2.13. The van der Waals surface area contributed by atoms with Gasteiger partial charge in [-0.05, 0) is 32.0 Å². The number of aryl methyl sites for hydroxylation is 2. The average Bonchev–Trinajstić information content (AvgIpc) is 2.56. The van der Waals surface area contributed by atoms with Crippen LogP contribution in [0.1, 0.15) is 11.4 Å². The lowest BCUT2D eigenvalue weighted by Crippen LogP contribution is -2.48. The molecule has 1 aromatic heterocycles. The van der Waals surface area contributed by atoms with E-state index in [-0.39, 0.29) is 0 Å². The number of nitrogens with zero attached hydrogens (tertiary/aromatic N) is 4. The first kappa shape index (κ1) is 15.7. The molecule has 1 aliphatic heterocycles. The molecule has 23 heavy (non-hydrogen) atoms. The van der Waals surface area contributed by atoms with E-state index >= 15 is 0 Å². The summed E-state index contributed by atoms with van der Waals surface area (Å²) in [5.41, 5.74) is 2.07. The normalized spacial score (nSPS) is 15.7. The van der Waals surface area contributed by atoms with Crippen molar-refractivity contribution in [2.45, 2.75) is 13.8 Å². The highest BCUT2D eigenvalue weighted by Gasteiger charge is 2.19. The van der Waals surface area contributed by atoms with Crippen LogP contribution in [0.25, 0.3) is 0 Å². The smallest absolute Gasteiger partial charge is 0.225 e. The molecule has 0 aliphatic carbocycles. The van der Waals surface area contributed by atoms with Gasteiger partial charge in [-0.3, -0.25) is 4.90 Å². The molecule has 1 aliphatic rings. The van der Waals surface area contributed by atoms with Crippen LogP contribution in [-0.4, -0.2) is 54.2 Å². The van der Waals surface area contributed by atoms with Crippen LogP contribution in [0, 0.1) is 13.8 Å². The molecule has 0 atom stereocenters. The summed E-state index contributed by atoms with van der Waals surface area (Å²) < 4.78 is 5.77. The van der Waals surface area contributed by atoms with Crippen molar-refractivity contribution in [3.63, 3.8) is 0 Å². The lowest BCUT2D eigenvalue weighted by Gasteiger charge is -2.34. The van der Waals surface area contributed by atoms with Gasteiger partial charge in [0.1, 0.15) is 12.4 Å². The molecule has 1 fully saturated rings. The van der Waals surface area contributed by atoms with Gasteiger partial charge < -0.3 is 9.64 Å². The van der Waals surface area contributed by atoms with Gasteiger partial charge in [-0.2, -0.15) is 0 Å². The van der Waals surface area contributed by atoms with Gasteiger partial charge in [-0.15, -0.1) is 0 Å². The van der Waals surface area contributed by atoms with E-state index in [1.165, 1.54) is 0 Å². The summed E-state index contributed by atoms with van der Waals surface area (Å²) in [6.07, 6.45) is 0. The van der Waals surface area contributed by atoms with Gasteiger partial charge in [0.05, 0.1) is 0 Å². The monoisotopic (exact) mass is 312 g/mol. The van der Waals surface area contributed by atoms with Crippen LogP contribution < -0.4 is 9.64 Å². The summed E-state index contributed by atoms with van der Waals surface area (Å²) in [7, 11) is 0. The van der Waals surface area contributed by atoms with Crippen molar-refractivity contribution in [1.82, 2.24) is 14.9 Å². The van der Waals surface area contributed by atoms with E-state index in [2.05, 4.69) is 19.8 Å². The Labute approximate surface area is 137 Å². The van der Waals surface area contributed by atoms with Crippen molar-refractivity contribution < 1.29 is 4.74 Å². The van der Waals surface area contributed by atoms with Gasteiger partial charge in [0.2, 0.25) is 5.95 Å². The standard InChI is InChI=1S/C18H24N4O/c1-15-14-16(2)20-18(19-15)22-10-8-21(9-11-22)12-13-23-17-6-4-3-5-7-17/h3-7,14H,8-13H2,1-2H3. The van der Waals surface area contributed by atoms with Gasteiger partial charge in [0.15, 0.2) is 0 Å². The Kier molecular flexibility index (Phi) is 5.08. The van der Waals surface area contributed by atoms with Crippen LogP contribution in [0.4, 0.5) is 5.95 Å². The Morgan fingerprint density at radius 1 is 0.957 bits per heavy atom. The summed E-state index contributed by atoms with van der Waals surface area (Å²) in [6.45, 7) is 9.71. The zero-order valence-electron chi connectivity index (χ0n) is 13.9. The molecule has 2 aromatic rings. The summed E-state index contributed by atoms with van der Waals surface area (Å²) in [5, 5.41) is 0. The van der Waals surface area contributed by atoms with E-state index in [0.29, 0.717) is 0 Å². The van der Waals surface area contributed by atoms with Gasteiger partial charge in [-0.25, -0.2) is 9.97 Å². The van der Waals surface area contributed by atoms with Gasteiger partial charge in [-0.1, -0.05) is 18.2 Å². The average molecular weight is 312 g/mol. The maximum Gasteiger partial charge on any atom is 0.225 e. The fraction of sp³-hybridized carbons (Fsp3) is 0.444. The molecular formula is C18H24N4O. The number of anilines is 1. The predicted molar refractivity (Wildman–Crippen MR) is 92.1 cm³/mol. The first-order valence-corrected chi connectivity index (χ1v) is 8.18. The van der Waals surface area contributed by atoms with Gasteiger partial charge in [0.25, 0.3) is 0 Å². The second kappa shape index (κ2) is 7.42. The molecule has 0 amide bonds. The van der Waals surface area contributed by atoms with Crippen molar-refractivity contribution in [3.8, 4) is 5.75 Å². The first-order chi connectivity index (χ1) is 11.2. The molecule has 3 rings (SSSR count). The second-order valence-corrected chi connectivity index (χ2v) is 5.94. The molecule has 0 unspecified atom stereocenters. The summed E-state index contributed by atoms with van der Waals surface area (Å²) in [4.78, 5) is 13.8. The Hall–Kier alpha value is -2.14. The third-order valence-electron chi connectivity index (χ3n) is 4.05. The molecule has 5 heteroatoms. The zero-order chi connectivity index (χ0) is 16.1. The van der Waals surface area contributed by atoms with Crippen molar-refractivity contribution in [3.05, 3.63) is 47.8 Å². The van der Waals surface area contributed by atoms with Crippen molar-refractivity contribution in [1.29, 1.82) is 0 Å². The lowest BCUT2D eigenvalue weighted by molar-refractivity contribution is 0.200. The summed E-state index contributed by atoms with van der Waals surface area (Å²) in [5.74, 6) is 1.80. The van der Waals surface area contributed by atoms with E-state index in [1.807, 2.05) is 50.2 Å². The zero-order valence-corrected chi connectivity index (χ0v) is 13.9. The summed E-state index contributed by atoms with van der Waals surface area (Å²) >= 11 is 0. The first-order valence-electron chi connectivity index (χ1n) is 8.18. The largest absolute Gasteiger partial charge is 0.492 e. The molecule has 0 saturated carbocycles. The number of para-hydroxylation sites is 1. The van der Waals surface area contributed by atoms with Gasteiger partial charge in [0, 0.05) is 44.1 Å². The molecule has 0 bridgehead atoms. The van der Waals surface area contributed by atoms with Crippen LogP contribution in [0.3, 0.4) is 0 Å². The Morgan fingerprint density at radius 2 is 1.61 bits per heavy atom. The topological polar surface area (TPSA) is 41.5 Å². The highest BCUT2D eigenvalue weighted by atomic mass is 16.5. The molecule has 0 N–H and O–H groups in total. The van der Waals surface area contributed by atoms with E-state index < -0.39 is 0 Å². The maximum absolute atomic E-state index is 5.77. The summed E-state index contributed by atoms with van der Waals surface area (Å²) in [6, 6.07) is 12.0. The Balaban J connectivity index is 1.45. The molecule has 0 spiro atoms. The van der Waals surface area contributed by atoms with Crippen molar-refractivity contribution >= 4 is 5.95 Å². The number of ether oxygens (including phenoxy) is 1. The second-order valence-electron chi connectivity index (χ2n) is 5.94. The lowest BCUT2D eigenvalue weighted by atomic mass is 10.3. The van der Waals surface area contributed by atoms with E-state index in [0.717, 1.165) is 62.4 Å². The van der Waals surface area contributed by atoms with E-state index in [9.17, 15) is 0 Å². The number of rotatable bonds is 5. The molecule has 0 radical (unpaired) electrons. The highest BCUT2D eigenvalue weighted by molar-refractivity contribution is 5.32. The molecule has 5 nitrogen and oxygen atoms in total. The number of piperazine rings is 1. The molecule has 1 aromatic carbocycles. The number of benzene rings is 1.